The Bertz CT molecular complexity index is 90.7. The highest BCUT2D eigenvalue weighted by Gasteiger charge is 2.39. The molecule has 0 bridgehead atoms. The molecule has 1 heterocycles. The highest BCUT2D eigenvalue weighted by Crippen LogP contribution is 2.43. The second-order valence-corrected chi connectivity index (χ2v) is 4.10. The quantitative estimate of drug-likeness (QED) is 0.527. The monoisotopic (exact) mass is 129 g/mol. The van der Waals surface area contributed by atoms with E-state index >= 15 is 0 Å². The van der Waals surface area contributed by atoms with Crippen molar-refractivity contribution in [2.75, 3.05) is 12.3 Å². The fourth-order valence-corrected chi connectivity index (χ4v) is 2.77. The molecule has 8 heavy (non-hydrogen) atoms. The molecule has 0 aromatic heterocycles. The molecule has 2 heteroatoms. The Morgan fingerprint density at radius 3 is 2.50 bits per heavy atom. The molecule has 2 aliphatic rings. The first-order valence-corrected chi connectivity index (χ1v) is 4.29. The summed E-state index contributed by atoms with van der Waals surface area (Å²) in [6, 6.07) is 0. The Balaban J connectivity index is 2.01. The molecule has 0 atom stereocenters. The zero-order valence-corrected chi connectivity index (χ0v) is 5.76. The molecule has 1 nitrogen and oxygen atoms in total. The SMILES string of the molecule is C1CC2(C1)NCCS2. The van der Waals surface area contributed by atoms with Crippen molar-refractivity contribution in [3.8, 4) is 0 Å². The molecule has 0 radical (unpaired) electrons. The van der Waals surface area contributed by atoms with E-state index in [0.717, 1.165) is 0 Å². The van der Waals surface area contributed by atoms with Gasteiger partial charge in [0.1, 0.15) is 0 Å². The van der Waals surface area contributed by atoms with E-state index in [9.17, 15) is 0 Å². The molecule has 1 N–H and O–H groups in total. The maximum absolute atomic E-state index is 3.53. The Hall–Kier alpha value is 0.310. The van der Waals surface area contributed by atoms with E-state index in [0.29, 0.717) is 4.87 Å². The summed E-state index contributed by atoms with van der Waals surface area (Å²) in [7, 11) is 0. The summed E-state index contributed by atoms with van der Waals surface area (Å²) in [4.78, 5) is 0.583. The first-order valence-electron chi connectivity index (χ1n) is 3.30. The molecule has 0 aromatic carbocycles. The lowest BCUT2D eigenvalue weighted by atomic mass is 9.92. The average molecular weight is 129 g/mol. The third-order valence-corrected chi connectivity index (χ3v) is 3.60. The van der Waals surface area contributed by atoms with Crippen LogP contribution in [0.3, 0.4) is 0 Å². The van der Waals surface area contributed by atoms with Gasteiger partial charge in [0, 0.05) is 12.3 Å². The highest BCUT2D eigenvalue weighted by atomic mass is 32.2. The number of nitrogens with one attached hydrogen (secondary N) is 1. The van der Waals surface area contributed by atoms with Crippen LogP contribution in [0.4, 0.5) is 0 Å². The molecule has 1 saturated carbocycles. The minimum Gasteiger partial charge on any atom is -0.302 e. The van der Waals surface area contributed by atoms with E-state index < -0.39 is 0 Å². The second-order valence-electron chi connectivity index (χ2n) is 2.62. The van der Waals surface area contributed by atoms with Gasteiger partial charge in [0.05, 0.1) is 4.87 Å². The molecule has 46 valence electrons. The first kappa shape index (κ1) is 5.12. The molecular formula is C6H11NS. The van der Waals surface area contributed by atoms with E-state index in [2.05, 4.69) is 17.1 Å². The number of hydrogen-bond acceptors (Lipinski definition) is 2. The van der Waals surface area contributed by atoms with Crippen molar-refractivity contribution in [1.29, 1.82) is 0 Å². The smallest absolute Gasteiger partial charge is 0.0646 e. The summed E-state index contributed by atoms with van der Waals surface area (Å²) in [6.07, 6.45) is 4.27. The van der Waals surface area contributed by atoms with Gasteiger partial charge in [0.15, 0.2) is 0 Å². The topological polar surface area (TPSA) is 12.0 Å². The van der Waals surface area contributed by atoms with E-state index in [1.54, 1.807) is 0 Å². The van der Waals surface area contributed by atoms with Gasteiger partial charge < -0.3 is 5.32 Å². The van der Waals surface area contributed by atoms with Crippen LogP contribution >= 0.6 is 11.8 Å². The van der Waals surface area contributed by atoms with Crippen LogP contribution in [-0.2, 0) is 0 Å². The Kier molecular flexibility index (Phi) is 1.05. The standard InChI is InChI=1S/C6H11NS/c1-2-6(3-1)7-4-5-8-6/h7H,1-5H2. The zero-order chi connectivity index (χ0) is 5.45. The molecule has 1 saturated heterocycles. The lowest BCUT2D eigenvalue weighted by Crippen LogP contribution is -2.43. The van der Waals surface area contributed by atoms with Crippen molar-refractivity contribution in [3.05, 3.63) is 0 Å². The van der Waals surface area contributed by atoms with Gasteiger partial charge in [-0.1, -0.05) is 0 Å². The summed E-state index contributed by atoms with van der Waals surface area (Å²) in [6.45, 7) is 1.24. The number of thioether (sulfide) groups is 1. The van der Waals surface area contributed by atoms with Gasteiger partial charge in [-0.05, 0) is 19.3 Å². The van der Waals surface area contributed by atoms with Gasteiger partial charge in [0.25, 0.3) is 0 Å². The predicted molar refractivity (Wildman–Crippen MR) is 37.0 cm³/mol. The Morgan fingerprint density at radius 1 is 1.38 bits per heavy atom. The molecule has 2 rings (SSSR count). The van der Waals surface area contributed by atoms with Crippen LogP contribution in [0.5, 0.6) is 0 Å². The Labute approximate surface area is 54.2 Å². The summed E-state index contributed by atoms with van der Waals surface area (Å²) in [5.41, 5.74) is 0. The van der Waals surface area contributed by atoms with Crippen molar-refractivity contribution in [2.24, 2.45) is 0 Å². The van der Waals surface area contributed by atoms with Gasteiger partial charge in [-0.15, -0.1) is 11.8 Å². The lowest BCUT2D eigenvalue weighted by molar-refractivity contribution is 0.318. The number of rotatable bonds is 0. The molecule has 0 aromatic rings. The molecule has 2 fully saturated rings. The van der Waals surface area contributed by atoms with Gasteiger partial charge >= 0.3 is 0 Å². The molecule has 1 aliphatic heterocycles. The van der Waals surface area contributed by atoms with Crippen LogP contribution in [0.25, 0.3) is 0 Å². The van der Waals surface area contributed by atoms with E-state index in [1.165, 1.54) is 31.6 Å². The lowest BCUT2D eigenvalue weighted by Gasteiger charge is -2.37. The first-order chi connectivity index (χ1) is 3.91. The number of hydrogen-bond donors (Lipinski definition) is 1. The fourth-order valence-electron chi connectivity index (χ4n) is 1.40. The summed E-state index contributed by atoms with van der Waals surface area (Å²) >= 11 is 2.12. The molecule has 1 spiro atoms. The van der Waals surface area contributed by atoms with Gasteiger partial charge in [-0.3, -0.25) is 0 Å². The molecule has 0 unspecified atom stereocenters. The van der Waals surface area contributed by atoms with Crippen molar-refractivity contribution in [1.82, 2.24) is 5.32 Å². The molecule has 0 amide bonds. The van der Waals surface area contributed by atoms with E-state index in [1.807, 2.05) is 0 Å². The van der Waals surface area contributed by atoms with Crippen LogP contribution in [0.1, 0.15) is 19.3 Å². The normalized spacial score (nSPS) is 33.0. The summed E-state index contributed by atoms with van der Waals surface area (Å²) in [5.74, 6) is 1.33. The maximum Gasteiger partial charge on any atom is 0.0646 e. The van der Waals surface area contributed by atoms with Crippen LogP contribution < -0.4 is 5.32 Å². The highest BCUT2D eigenvalue weighted by molar-refractivity contribution is 8.00. The van der Waals surface area contributed by atoms with Gasteiger partial charge in [-0.25, -0.2) is 0 Å². The minimum atomic E-state index is 0.583. The third-order valence-electron chi connectivity index (χ3n) is 2.09. The van der Waals surface area contributed by atoms with E-state index in [4.69, 9.17) is 0 Å². The van der Waals surface area contributed by atoms with Crippen LogP contribution in [-0.4, -0.2) is 17.2 Å². The maximum atomic E-state index is 3.53. The average Bonchev–Trinajstić information content (AvgIpc) is 2.07. The van der Waals surface area contributed by atoms with E-state index in [-0.39, 0.29) is 0 Å². The van der Waals surface area contributed by atoms with Crippen LogP contribution in [0.15, 0.2) is 0 Å². The van der Waals surface area contributed by atoms with Crippen LogP contribution in [0, 0.1) is 0 Å². The second kappa shape index (κ2) is 1.64. The van der Waals surface area contributed by atoms with Crippen molar-refractivity contribution in [2.45, 2.75) is 24.1 Å². The summed E-state index contributed by atoms with van der Waals surface area (Å²) < 4.78 is 0. The predicted octanol–water partition coefficient (Wildman–Crippen LogP) is 1.20. The molecular weight excluding hydrogens is 118 g/mol. The van der Waals surface area contributed by atoms with Crippen molar-refractivity contribution in [3.63, 3.8) is 0 Å². The third kappa shape index (κ3) is 0.594. The zero-order valence-electron chi connectivity index (χ0n) is 4.94. The fraction of sp³-hybridized carbons (Fsp3) is 1.00. The minimum absolute atomic E-state index is 0.583. The van der Waals surface area contributed by atoms with Crippen LogP contribution in [0.2, 0.25) is 0 Å². The molecule has 1 aliphatic carbocycles. The Morgan fingerprint density at radius 2 is 2.25 bits per heavy atom. The van der Waals surface area contributed by atoms with Gasteiger partial charge in [-0.2, -0.15) is 0 Å². The van der Waals surface area contributed by atoms with Crippen molar-refractivity contribution < 1.29 is 0 Å². The largest absolute Gasteiger partial charge is 0.302 e. The van der Waals surface area contributed by atoms with Gasteiger partial charge in [0.2, 0.25) is 0 Å². The van der Waals surface area contributed by atoms with Crippen molar-refractivity contribution >= 4 is 11.8 Å². The summed E-state index contributed by atoms with van der Waals surface area (Å²) in [5, 5.41) is 3.53.